The van der Waals surface area contributed by atoms with Gasteiger partial charge < -0.3 is 4.42 Å². The van der Waals surface area contributed by atoms with Crippen molar-refractivity contribution in [3.63, 3.8) is 0 Å². The van der Waals surface area contributed by atoms with Crippen molar-refractivity contribution in [3.8, 4) is 11.3 Å². The Kier molecular flexibility index (Phi) is 4.97. The highest BCUT2D eigenvalue weighted by Gasteiger charge is 2.34. The minimum Gasteiger partial charge on any atom is -0.440 e. The lowest BCUT2D eigenvalue weighted by Crippen LogP contribution is -2.30. The maximum atomic E-state index is 11.8. The fourth-order valence-corrected chi connectivity index (χ4v) is 4.42. The average Bonchev–Trinajstić information content (AvgIpc) is 3.15. The fraction of sp³-hybridized carbons (Fsp3) is 0.294. The number of anilines is 1. The molecule has 0 bridgehead atoms. The normalized spacial score (nSPS) is 13.8. The minimum absolute atomic E-state index is 0.0144. The maximum Gasteiger partial charge on any atom is 0.225 e. The number of hydrogen-bond acceptors (Lipinski definition) is 7. The Balaban J connectivity index is 1.40. The van der Waals surface area contributed by atoms with E-state index in [1.54, 1.807) is 18.0 Å². The van der Waals surface area contributed by atoms with Crippen LogP contribution in [0.5, 0.6) is 0 Å². The van der Waals surface area contributed by atoms with Crippen molar-refractivity contribution < 1.29 is 9.21 Å². The van der Waals surface area contributed by atoms with Gasteiger partial charge in [-0.2, -0.15) is 0 Å². The monoisotopic (exact) mass is 406 g/mol. The summed E-state index contributed by atoms with van der Waals surface area (Å²) >= 11 is 8.82. The van der Waals surface area contributed by atoms with Crippen molar-refractivity contribution in [2.45, 2.75) is 35.9 Å². The van der Waals surface area contributed by atoms with Crippen LogP contribution in [0.1, 0.15) is 25.7 Å². The van der Waals surface area contributed by atoms with Crippen molar-refractivity contribution >= 4 is 45.7 Å². The highest BCUT2D eigenvalue weighted by Crippen LogP contribution is 2.36. The molecule has 2 aromatic heterocycles. The number of halogens is 1. The molecule has 1 saturated carbocycles. The van der Waals surface area contributed by atoms with Crippen LogP contribution in [0.2, 0.25) is 5.02 Å². The first-order valence-electron chi connectivity index (χ1n) is 8.07. The third kappa shape index (κ3) is 3.92. The first-order chi connectivity index (χ1) is 12.6. The molecule has 0 saturated heterocycles. The average molecular weight is 407 g/mol. The fourth-order valence-electron chi connectivity index (χ4n) is 2.49. The number of carbonyl (C=O) groups is 1. The zero-order valence-electron chi connectivity index (χ0n) is 13.9. The van der Waals surface area contributed by atoms with E-state index in [1.807, 2.05) is 24.3 Å². The van der Waals surface area contributed by atoms with Crippen molar-refractivity contribution in [2.24, 2.45) is 0 Å². The number of nitrogens with zero attached hydrogens (tertiary/aromatic N) is 4. The minimum atomic E-state index is 0.0144. The summed E-state index contributed by atoms with van der Waals surface area (Å²) in [6.07, 6.45) is 3.77. The summed E-state index contributed by atoms with van der Waals surface area (Å²) in [4.78, 5) is 17.8. The maximum absolute atomic E-state index is 11.8. The van der Waals surface area contributed by atoms with Crippen molar-refractivity contribution in [1.82, 2.24) is 15.2 Å². The highest BCUT2D eigenvalue weighted by atomic mass is 35.5. The van der Waals surface area contributed by atoms with E-state index in [0.717, 1.165) is 22.7 Å². The van der Waals surface area contributed by atoms with Gasteiger partial charge in [0.05, 0.1) is 11.9 Å². The zero-order chi connectivity index (χ0) is 18.1. The third-order valence-corrected chi connectivity index (χ3v) is 6.15. The smallest absolute Gasteiger partial charge is 0.225 e. The number of thioether (sulfide) groups is 1. The van der Waals surface area contributed by atoms with Crippen LogP contribution in [0.3, 0.4) is 0 Å². The summed E-state index contributed by atoms with van der Waals surface area (Å²) < 4.78 is 6.58. The van der Waals surface area contributed by atoms with Crippen molar-refractivity contribution in [1.29, 1.82) is 0 Å². The summed E-state index contributed by atoms with van der Waals surface area (Å²) in [5.41, 5.74) is 0.929. The largest absolute Gasteiger partial charge is 0.440 e. The van der Waals surface area contributed by atoms with Gasteiger partial charge in [0.2, 0.25) is 16.9 Å². The molecule has 3 aromatic rings. The molecule has 2 heterocycles. The second kappa shape index (κ2) is 7.38. The Hall–Kier alpha value is -1.90. The lowest BCUT2D eigenvalue weighted by molar-refractivity contribution is -0.116. The second-order valence-electron chi connectivity index (χ2n) is 5.88. The molecule has 9 heteroatoms. The first kappa shape index (κ1) is 17.5. The lowest BCUT2D eigenvalue weighted by Gasteiger charge is -2.15. The van der Waals surface area contributed by atoms with Crippen molar-refractivity contribution in [3.05, 3.63) is 41.4 Å². The standard InChI is InChI=1S/C17H15ClN4O2S2/c1-10(23)22(13-6-7-13)16-20-21-17(26-16)25-9-15-19-8-14(24-15)11-2-4-12(18)5-3-11/h2-5,8,13H,6-7,9H2,1H3. The van der Waals surface area contributed by atoms with Gasteiger partial charge in [-0.25, -0.2) is 4.98 Å². The quantitative estimate of drug-likeness (QED) is 0.438. The summed E-state index contributed by atoms with van der Waals surface area (Å²) in [5, 5.41) is 9.68. The van der Waals surface area contributed by atoms with Gasteiger partial charge in [-0.3, -0.25) is 9.69 Å². The first-order valence-corrected chi connectivity index (χ1v) is 10.2. The van der Waals surface area contributed by atoms with Gasteiger partial charge in [-0.1, -0.05) is 34.7 Å². The third-order valence-electron chi connectivity index (χ3n) is 3.85. The molecule has 1 amide bonds. The molecule has 0 unspecified atom stereocenters. The molecule has 0 spiro atoms. The van der Waals surface area contributed by atoms with Crippen LogP contribution in [0.25, 0.3) is 11.3 Å². The SMILES string of the molecule is CC(=O)N(c1nnc(SCc2ncc(-c3ccc(Cl)cc3)o2)s1)C1CC1. The van der Waals surface area contributed by atoms with Crippen LogP contribution in [0.4, 0.5) is 5.13 Å². The molecule has 1 aliphatic carbocycles. The van der Waals surface area contributed by atoms with Crippen LogP contribution < -0.4 is 4.90 Å². The van der Waals surface area contributed by atoms with Crippen LogP contribution >= 0.6 is 34.7 Å². The van der Waals surface area contributed by atoms with E-state index in [1.165, 1.54) is 23.1 Å². The predicted molar refractivity (Wildman–Crippen MR) is 103 cm³/mol. The van der Waals surface area contributed by atoms with E-state index in [0.29, 0.717) is 27.6 Å². The van der Waals surface area contributed by atoms with E-state index in [2.05, 4.69) is 15.2 Å². The molecular weight excluding hydrogens is 392 g/mol. The molecule has 0 aliphatic heterocycles. The molecule has 1 aliphatic rings. The van der Waals surface area contributed by atoms with Gasteiger partial charge >= 0.3 is 0 Å². The number of rotatable bonds is 6. The number of oxazole rings is 1. The zero-order valence-corrected chi connectivity index (χ0v) is 16.3. The molecule has 1 aromatic carbocycles. The Morgan fingerprint density at radius 2 is 2.12 bits per heavy atom. The second-order valence-corrected chi connectivity index (χ2v) is 8.50. The van der Waals surface area contributed by atoms with Crippen LogP contribution in [-0.4, -0.2) is 27.1 Å². The molecule has 0 radical (unpaired) electrons. The summed E-state index contributed by atoms with van der Waals surface area (Å²) in [7, 11) is 0. The van der Waals surface area contributed by atoms with E-state index < -0.39 is 0 Å². The van der Waals surface area contributed by atoms with Gasteiger partial charge in [0.15, 0.2) is 10.1 Å². The topological polar surface area (TPSA) is 72.1 Å². The molecule has 0 atom stereocenters. The number of aromatic nitrogens is 3. The van der Waals surface area contributed by atoms with Gasteiger partial charge in [0.25, 0.3) is 0 Å². The number of benzene rings is 1. The Morgan fingerprint density at radius 1 is 1.35 bits per heavy atom. The molecular formula is C17H15ClN4O2S2. The van der Waals surface area contributed by atoms with Crippen LogP contribution in [-0.2, 0) is 10.5 Å². The number of amides is 1. The van der Waals surface area contributed by atoms with E-state index in [-0.39, 0.29) is 11.9 Å². The van der Waals surface area contributed by atoms with E-state index in [4.69, 9.17) is 16.0 Å². The molecule has 4 rings (SSSR count). The molecule has 134 valence electrons. The van der Waals surface area contributed by atoms with Crippen LogP contribution in [0, 0.1) is 0 Å². The highest BCUT2D eigenvalue weighted by molar-refractivity contribution is 8.00. The summed E-state index contributed by atoms with van der Waals surface area (Å²) in [5.74, 6) is 1.88. The van der Waals surface area contributed by atoms with Crippen molar-refractivity contribution in [2.75, 3.05) is 4.90 Å². The summed E-state index contributed by atoms with van der Waals surface area (Å²) in [6.45, 7) is 1.57. The number of hydrogen-bond donors (Lipinski definition) is 0. The van der Waals surface area contributed by atoms with Gasteiger partial charge in [0.1, 0.15) is 0 Å². The Bertz CT molecular complexity index is 921. The summed E-state index contributed by atoms with van der Waals surface area (Å²) in [6, 6.07) is 7.71. The van der Waals surface area contributed by atoms with E-state index >= 15 is 0 Å². The van der Waals surface area contributed by atoms with Gasteiger partial charge in [-0.15, -0.1) is 10.2 Å². The predicted octanol–water partition coefficient (Wildman–Crippen LogP) is 4.65. The van der Waals surface area contributed by atoms with Gasteiger partial charge in [-0.05, 0) is 37.1 Å². The lowest BCUT2D eigenvalue weighted by atomic mass is 10.2. The molecule has 6 nitrogen and oxygen atoms in total. The molecule has 26 heavy (non-hydrogen) atoms. The Morgan fingerprint density at radius 3 is 2.81 bits per heavy atom. The molecule has 1 fully saturated rings. The number of carbonyl (C=O) groups excluding carboxylic acids is 1. The van der Waals surface area contributed by atoms with E-state index in [9.17, 15) is 4.79 Å². The Labute approximate surface area is 163 Å². The van der Waals surface area contributed by atoms with Crippen LogP contribution in [0.15, 0.2) is 39.2 Å². The molecule has 0 N–H and O–H groups in total. The van der Waals surface area contributed by atoms with Gasteiger partial charge in [0, 0.05) is 23.6 Å².